The summed E-state index contributed by atoms with van der Waals surface area (Å²) in [4.78, 5) is 0.420. The van der Waals surface area contributed by atoms with E-state index < -0.39 is 0 Å². The van der Waals surface area contributed by atoms with Gasteiger partial charge >= 0.3 is 0 Å². The number of benzene rings is 1. The first kappa shape index (κ1) is 10.9. The van der Waals surface area contributed by atoms with Crippen molar-refractivity contribution in [1.29, 1.82) is 0 Å². The van der Waals surface area contributed by atoms with Crippen molar-refractivity contribution in [1.82, 2.24) is 5.32 Å². The SMILES string of the molecule is Fc1ccc(F)c(S[C@H]2CCCNC2)c1. The molecule has 0 radical (unpaired) electrons. The van der Waals surface area contributed by atoms with Crippen LogP contribution in [0.1, 0.15) is 12.8 Å². The number of thioether (sulfide) groups is 1. The molecule has 15 heavy (non-hydrogen) atoms. The average molecular weight is 229 g/mol. The highest BCUT2D eigenvalue weighted by molar-refractivity contribution is 8.00. The third-order valence-corrected chi connectivity index (χ3v) is 3.74. The number of rotatable bonds is 2. The van der Waals surface area contributed by atoms with Gasteiger partial charge in [0.25, 0.3) is 0 Å². The van der Waals surface area contributed by atoms with Gasteiger partial charge in [0.1, 0.15) is 11.6 Å². The van der Waals surface area contributed by atoms with Gasteiger partial charge in [-0.25, -0.2) is 8.78 Å². The Morgan fingerprint density at radius 2 is 2.20 bits per heavy atom. The zero-order valence-corrected chi connectivity index (χ0v) is 9.12. The molecule has 1 atom stereocenters. The van der Waals surface area contributed by atoms with Crippen molar-refractivity contribution in [2.24, 2.45) is 0 Å². The van der Waals surface area contributed by atoms with E-state index in [-0.39, 0.29) is 11.6 Å². The van der Waals surface area contributed by atoms with Gasteiger partial charge in [0.2, 0.25) is 0 Å². The summed E-state index contributed by atoms with van der Waals surface area (Å²) in [7, 11) is 0. The Labute approximate surface area is 92.3 Å². The smallest absolute Gasteiger partial charge is 0.136 e. The highest BCUT2D eigenvalue weighted by Crippen LogP contribution is 2.29. The van der Waals surface area contributed by atoms with E-state index in [1.807, 2.05) is 0 Å². The van der Waals surface area contributed by atoms with E-state index >= 15 is 0 Å². The lowest BCUT2D eigenvalue weighted by Crippen LogP contribution is -2.31. The lowest BCUT2D eigenvalue weighted by atomic mass is 10.2. The first-order valence-electron chi connectivity index (χ1n) is 5.08. The van der Waals surface area contributed by atoms with Gasteiger partial charge < -0.3 is 5.32 Å². The molecule has 4 heteroatoms. The van der Waals surface area contributed by atoms with Crippen LogP contribution in [0.2, 0.25) is 0 Å². The van der Waals surface area contributed by atoms with Crippen LogP contribution in [0.4, 0.5) is 8.78 Å². The van der Waals surface area contributed by atoms with Gasteiger partial charge in [0.05, 0.1) is 0 Å². The first-order chi connectivity index (χ1) is 7.25. The van der Waals surface area contributed by atoms with Gasteiger partial charge in [0.15, 0.2) is 0 Å². The molecule has 0 saturated carbocycles. The van der Waals surface area contributed by atoms with Crippen molar-refractivity contribution in [2.45, 2.75) is 23.0 Å². The lowest BCUT2D eigenvalue weighted by Gasteiger charge is -2.22. The van der Waals surface area contributed by atoms with Crippen molar-refractivity contribution in [2.75, 3.05) is 13.1 Å². The van der Waals surface area contributed by atoms with Crippen LogP contribution in [-0.2, 0) is 0 Å². The lowest BCUT2D eigenvalue weighted by molar-refractivity contribution is 0.529. The predicted octanol–water partition coefficient (Wildman–Crippen LogP) is 2.81. The molecule has 0 aliphatic carbocycles. The minimum Gasteiger partial charge on any atom is -0.316 e. The second-order valence-corrected chi connectivity index (χ2v) is 5.00. The van der Waals surface area contributed by atoms with Gasteiger partial charge in [0, 0.05) is 16.7 Å². The van der Waals surface area contributed by atoms with Crippen molar-refractivity contribution in [3.63, 3.8) is 0 Å². The zero-order chi connectivity index (χ0) is 10.7. The Balaban J connectivity index is 2.05. The summed E-state index contributed by atoms with van der Waals surface area (Å²) in [6.07, 6.45) is 2.17. The van der Waals surface area contributed by atoms with Crippen LogP contribution in [0.5, 0.6) is 0 Å². The molecule has 1 heterocycles. The van der Waals surface area contributed by atoms with E-state index in [0.717, 1.165) is 32.0 Å². The summed E-state index contributed by atoms with van der Waals surface area (Å²) >= 11 is 1.43. The largest absolute Gasteiger partial charge is 0.316 e. The standard InChI is InChI=1S/C11H13F2NS/c12-8-3-4-10(13)11(6-8)15-9-2-1-5-14-7-9/h3-4,6,9,14H,1-2,5,7H2/t9-/m0/s1. The molecular formula is C11H13F2NS. The molecule has 1 aliphatic heterocycles. The fraction of sp³-hybridized carbons (Fsp3) is 0.455. The Bertz CT molecular complexity index is 337. The number of halogens is 2. The normalized spacial score (nSPS) is 21.6. The van der Waals surface area contributed by atoms with Gasteiger partial charge in [-0.3, -0.25) is 0 Å². The molecule has 1 fully saturated rings. The van der Waals surface area contributed by atoms with Gasteiger partial charge in [-0.05, 0) is 37.6 Å². The Morgan fingerprint density at radius 1 is 1.33 bits per heavy atom. The molecule has 0 unspecified atom stereocenters. The van der Waals surface area contributed by atoms with Crippen molar-refractivity contribution < 1.29 is 8.78 Å². The van der Waals surface area contributed by atoms with Crippen LogP contribution >= 0.6 is 11.8 Å². The molecule has 0 aromatic heterocycles. The van der Waals surface area contributed by atoms with Gasteiger partial charge in [-0.1, -0.05) is 0 Å². The van der Waals surface area contributed by atoms with Gasteiger partial charge in [-0.2, -0.15) is 0 Å². The molecule has 1 saturated heterocycles. The second kappa shape index (κ2) is 4.94. The maximum Gasteiger partial charge on any atom is 0.136 e. The minimum atomic E-state index is -0.373. The molecule has 2 rings (SSSR count). The molecule has 0 bridgehead atoms. The highest BCUT2D eigenvalue weighted by Gasteiger charge is 2.16. The predicted molar refractivity (Wildman–Crippen MR) is 58.1 cm³/mol. The third kappa shape index (κ3) is 2.92. The van der Waals surface area contributed by atoms with E-state index in [9.17, 15) is 8.78 Å². The quantitative estimate of drug-likeness (QED) is 0.837. The number of hydrogen-bond donors (Lipinski definition) is 1. The van der Waals surface area contributed by atoms with Crippen molar-refractivity contribution >= 4 is 11.8 Å². The van der Waals surface area contributed by atoms with Crippen LogP contribution in [0.25, 0.3) is 0 Å². The fourth-order valence-electron chi connectivity index (χ4n) is 1.67. The molecule has 82 valence electrons. The Kier molecular flexibility index (Phi) is 3.59. The molecule has 1 nitrogen and oxygen atoms in total. The number of nitrogens with one attached hydrogen (secondary N) is 1. The first-order valence-corrected chi connectivity index (χ1v) is 5.96. The Hall–Kier alpha value is -0.610. The van der Waals surface area contributed by atoms with Crippen molar-refractivity contribution in [3.05, 3.63) is 29.8 Å². The maximum atomic E-state index is 13.3. The van der Waals surface area contributed by atoms with Crippen LogP contribution < -0.4 is 5.32 Å². The summed E-state index contributed by atoms with van der Waals surface area (Å²) in [6.45, 7) is 1.91. The fourth-order valence-corrected chi connectivity index (χ4v) is 2.87. The van der Waals surface area contributed by atoms with E-state index in [1.165, 1.54) is 23.9 Å². The molecule has 1 N–H and O–H groups in total. The molecule has 0 spiro atoms. The second-order valence-electron chi connectivity index (χ2n) is 3.66. The highest BCUT2D eigenvalue weighted by atomic mass is 32.2. The van der Waals surface area contributed by atoms with E-state index in [0.29, 0.717) is 10.1 Å². The summed E-state index contributed by atoms with van der Waals surface area (Å²) in [5.74, 6) is -0.699. The molecule has 1 aromatic rings. The minimum absolute atomic E-state index is 0.327. The zero-order valence-electron chi connectivity index (χ0n) is 8.30. The maximum absolute atomic E-state index is 13.3. The monoisotopic (exact) mass is 229 g/mol. The van der Waals surface area contributed by atoms with Crippen molar-refractivity contribution in [3.8, 4) is 0 Å². The van der Waals surface area contributed by atoms with E-state index in [1.54, 1.807) is 0 Å². The summed E-state index contributed by atoms with van der Waals surface area (Å²) in [5.41, 5.74) is 0. The summed E-state index contributed by atoms with van der Waals surface area (Å²) < 4.78 is 26.2. The average Bonchev–Trinajstić information content (AvgIpc) is 2.25. The molecular weight excluding hydrogens is 216 g/mol. The number of hydrogen-bond acceptors (Lipinski definition) is 2. The third-order valence-electron chi connectivity index (χ3n) is 2.44. The topological polar surface area (TPSA) is 12.0 Å². The summed E-state index contributed by atoms with van der Waals surface area (Å²) in [5, 5.41) is 3.61. The summed E-state index contributed by atoms with van der Waals surface area (Å²) in [6, 6.07) is 3.61. The molecule has 0 amide bonds. The number of piperidine rings is 1. The Morgan fingerprint density at radius 3 is 2.93 bits per heavy atom. The van der Waals surface area contributed by atoms with E-state index in [4.69, 9.17) is 0 Å². The molecule has 1 aliphatic rings. The molecule has 1 aromatic carbocycles. The van der Waals surface area contributed by atoms with Crippen LogP contribution in [0.3, 0.4) is 0 Å². The van der Waals surface area contributed by atoms with E-state index in [2.05, 4.69) is 5.32 Å². The van der Waals surface area contributed by atoms with Crippen LogP contribution in [-0.4, -0.2) is 18.3 Å². The van der Waals surface area contributed by atoms with Crippen LogP contribution in [0, 0.1) is 11.6 Å². The van der Waals surface area contributed by atoms with Gasteiger partial charge in [-0.15, -0.1) is 11.8 Å². The van der Waals surface area contributed by atoms with Crippen LogP contribution in [0.15, 0.2) is 23.1 Å².